The molecule has 8 heteroatoms. The van der Waals surface area contributed by atoms with Crippen LogP contribution in [-0.4, -0.2) is 64.2 Å². The Morgan fingerprint density at radius 2 is 2.23 bits per heavy atom. The summed E-state index contributed by atoms with van der Waals surface area (Å²) in [5.41, 5.74) is 0.928. The van der Waals surface area contributed by atoms with Gasteiger partial charge in [-0.3, -0.25) is 9.36 Å². The maximum atomic E-state index is 12.6. The van der Waals surface area contributed by atoms with Crippen LogP contribution in [0.5, 0.6) is 5.75 Å². The molecule has 2 aromatic rings. The summed E-state index contributed by atoms with van der Waals surface area (Å²) >= 11 is 1.39. The van der Waals surface area contributed by atoms with Crippen molar-refractivity contribution >= 4 is 17.7 Å². The molecule has 1 aliphatic heterocycles. The quantitative estimate of drug-likeness (QED) is 0.659. The molecule has 1 atom stereocenters. The van der Waals surface area contributed by atoms with Crippen molar-refractivity contribution in [1.82, 2.24) is 19.7 Å². The molecule has 2 heterocycles. The number of likely N-dealkylation sites (N-methyl/N-ethyl adjacent to an activating group) is 1. The third-order valence-electron chi connectivity index (χ3n) is 4.37. The van der Waals surface area contributed by atoms with Crippen LogP contribution in [0.4, 0.5) is 0 Å². The van der Waals surface area contributed by atoms with Crippen molar-refractivity contribution in [3.63, 3.8) is 0 Å². The highest BCUT2D eigenvalue weighted by molar-refractivity contribution is 7.99. The number of carbonyl (C=O) groups is 1. The molecule has 0 radical (unpaired) electrons. The Labute approximate surface area is 157 Å². The lowest BCUT2D eigenvalue weighted by Crippen LogP contribution is -2.38. The first-order chi connectivity index (χ1) is 12.7. The van der Waals surface area contributed by atoms with E-state index in [1.165, 1.54) is 11.8 Å². The van der Waals surface area contributed by atoms with E-state index in [-0.39, 0.29) is 12.0 Å². The number of ether oxygens (including phenoxy) is 2. The minimum absolute atomic E-state index is 0.0947. The monoisotopic (exact) mass is 376 g/mol. The lowest BCUT2D eigenvalue weighted by atomic mass is 10.2. The molecule has 7 nitrogen and oxygen atoms in total. The molecule has 0 N–H and O–H groups in total. The third kappa shape index (κ3) is 4.56. The minimum Gasteiger partial charge on any atom is -0.497 e. The summed E-state index contributed by atoms with van der Waals surface area (Å²) in [6, 6.07) is 7.64. The lowest BCUT2D eigenvalue weighted by molar-refractivity contribution is -0.129. The van der Waals surface area contributed by atoms with Crippen molar-refractivity contribution in [2.45, 2.75) is 31.0 Å². The van der Waals surface area contributed by atoms with E-state index in [1.807, 2.05) is 40.7 Å². The van der Waals surface area contributed by atoms with Crippen molar-refractivity contribution < 1.29 is 14.3 Å². The summed E-state index contributed by atoms with van der Waals surface area (Å²) in [6.07, 6.45) is 3.93. The van der Waals surface area contributed by atoms with Gasteiger partial charge in [-0.05, 0) is 44.0 Å². The highest BCUT2D eigenvalue weighted by Crippen LogP contribution is 2.22. The maximum Gasteiger partial charge on any atom is 0.233 e. The summed E-state index contributed by atoms with van der Waals surface area (Å²) in [4.78, 5) is 14.4. The Balaban J connectivity index is 1.60. The van der Waals surface area contributed by atoms with Gasteiger partial charge in [-0.15, -0.1) is 10.2 Å². The lowest BCUT2D eigenvalue weighted by Gasteiger charge is -2.23. The molecular weight excluding hydrogens is 352 g/mol. The fourth-order valence-electron chi connectivity index (χ4n) is 2.90. The minimum atomic E-state index is 0.0947. The van der Waals surface area contributed by atoms with Gasteiger partial charge >= 0.3 is 0 Å². The van der Waals surface area contributed by atoms with Gasteiger partial charge in [-0.25, -0.2) is 0 Å². The number of benzene rings is 1. The summed E-state index contributed by atoms with van der Waals surface area (Å²) in [5.74, 6) is 1.21. The number of hydrogen-bond acceptors (Lipinski definition) is 6. The molecule has 1 saturated heterocycles. The summed E-state index contributed by atoms with van der Waals surface area (Å²) in [5, 5.41) is 8.82. The molecular formula is C18H24N4O3S. The molecule has 0 aliphatic carbocycles. The van der Waals surface area contributed by atoms with E-state index in [4.69, 9.17) is 9.47 Å². The van der Waals surface area contributed by atoms with Crippen LogP contribution in [0.25, 0.3) is 5.69 Å². The van der Waals surface area contributed by atoms with Crippen LogP contribution in [0.2, 0.25) is 0 Å². The molecule has 1 amide bonds. The van der Waals surface area contributed by atoms with Crippen LogP contribution < -0.4 is 4.74 Å². The Hall–Kier alpha value is -2.06. The van der Waals surface area contributed by atoms with Crippen molar-refractivity contribution in [2.75, 3.05) is 32.6 Å². The molecule has 26 heavy (non-hydrogen) atoms. The van der Waals surface area contributed by atoms with Gasteiger partial charge in [0.2, 0.25) is 5.91 Å². The standard InChI is InChI=1S/C18H24N4O3S/c1-3-21(11-16-5-4-10-25-16)17(23)12-26-18-20-19-13-22(18)14-6-8-15(24-2)9-7-14/h6-9,13,16H,3-5,10-12H2,1-2H3/t16-/m1/s1. The molecule has 1 aliphatic rings. The molecule has 0 unspecified atom stereocenters. The predicted octanol–water partition coefficient (Wildman–Crippen LogP) is 2.40. The zero-order chi connectivity index (χ0) is 18.4. The van der Waals surface area contributed by atoms with Crippen molar-refractivity contribution in [1.29, 1.82) is 0 Å². The molecule has 1 aromatic carbocycles. The number of aromatic nitrogens is 3. The maximum absolute atomic E-state index is 12.6. The van der Waals surface area contributed by atoms with E-state index < -0.39 is 0 Å². The normalized spacial score (nSPS) is 16.6. The molecule has 1 fully saturated rings. The number of methoxy groups -OCH3 is 1. The Morgan fingerprint density at radius 3 is 2.88 bits per heavy atom. The second kappa shape index (κ2) is 9.05. The van der Waals surface area contributed by atoms with E-state index in [1.54, 1.807) is 13.4 Å². The number of amides is 1. The van der Waals surface area contributed by atoms with Gasteiger partial charge in [0, 0.05) is 25.4 Å². The second-order valence-corrected chi connectivity index (χ2v) is 6.98. The van der Waals surface area contributed by atoms with E-state index in [9.17, 15) is 4.79 Å². The largest absolute Gasteiger partial charge is 0.497 e. The van der Waals surface area contributed by atoms with Gasteiger partial charge in [0.15, 0.2) is 5.16 Å². The van der Waals surface area contributed by atoms with Gasteiger partial charge < -0.3 is 14.4 Å². The average Bonchev–Trinajstić information content (AvgIpc) is 3.36. The summed E-state index contributed by atoms with van der Waals surface area (Å²) in [6.45, 7) is 4.15. The first-order valence-corrected chi connectivity index (χ1v) is 9.76. The van der Waals surface area contributed by atoms with Crippen molar-refractivity contribution in [3.05, 3.63) is 30.6 Å². The zero-order valence-corrected chi connectivity index (χ0v) is 15.9. The molecule has 1 aromatic heterocycles. The molecule has 3 rings (SSSR count). The Kier molecular flexibility index (Phi) is 6.51. The van der Waals surface area contributed by atoms with Gasteiger partial charge in [0.05, 0.1) is 19.0 Å². The van der Waals surface area contributed by atoms with Crippen LogP contribution in [0, 0.1) is 0 Å². The average molecular weight is 376 g/mol. The summed E-state index contributed by atoms with van der Waals surface area (Å²) < 4.78 is 12.7. The number of thioether (sulfide) groups is 1. The van der Waals surface area contributed by atoms with Gasteiger partial charge in [-0.2, -0.15) is 0 Å². The fraction of sp³-hybridized carbons (Fsp3) is 0.500. The molecule has 140 valence electrons. The number of nitrogens with zero attached hydrogens (tertiary/aromatic N) is 4. The number of hydrogen-bond donors (Lipinski definition) is 0. The van der Waals surface area contributed by atoms with Gasteiger partial charge in [0.1, 0.15) is 12.1 Å². The molecule has 0 saturated carbocycles. The van der Waals surface area contributed by atoms with E-state index in [0.717, 1.165) is 30.9 Å². The summed E-state index contributed by atoms with van der Waals surface area (Å²) in [7, 11) is 1.64. The van der Waals surface area contributed by atoms with Crippen molar-refractivity contribution in [3.8, 4) is 11.4 Å². The molecule has 0 bridgehead atoms. The fourth-order valence-corrected chi connectivity index (χ4v) is 3.73. The Morgan fingerprint density at radius 1 is 1.42 bits per heavy atom. The number of rotatable bonds is 8. The van der Waals surface area contributed by atoms with E-state index >= 15 is 0 Å². The van der Waals surface area contributed by atoms with Gasteiger partial charge in [-0.1, -0.05) is 11.8 Å². The van der Waals surface area contributed by atoms with Crippen LogP contribution in [0.3, 0.4) is 0 Å². The first kappa shape index (κ1) is 18.7. The van der Waals surface area contributed by atoms with E-state index in [0.29, 0.717) is 24.0 Å². The smallest absolute Gasteiger partial charge is 0.233 e. The van der Waals surface area contributed by atoms with Crippen LogP contribution >= 0.6 is 11.8 Å². The van der Waals surface area contributed by atoms with Crippen LogP contribution in [0.15, 0.2) is 35.7 Å². The first-order valence-electron chi connectivity index (χ1n) is 8.78. The topological polar surface area (TPSA) is 69.5 Å². The second-order valence-electron chi connectivity index (χ2n) is 6.04. The van der Waals surface area contributed by atoms with Crippen molar-refractivity contribution in [2.24, 2.45) is 0 Å². The Bertz CT molecular complexity index is 713. The van der Waals surface area contributed by atoms with Crippen LogP contribution in [-0.2, 0) is 9.53 Å². The SMILES string of the molecule is CCN(C[C@H]1CCCO1)C(=O)CSc1nncn1-c1ccc(OC)cc1. The highest BCUT2D eigenvalue weighted by Gasteiger charge is 2.22. The predicted molar refractivity (Wildman–Crippen MR) is 99.9 cm³/mol. The molecule has 0 spiro atoms. The van der Waals surface area contributed by atoms with E-state index in [2.05, 4.69) is 10.2 Å². The van der Waals surface area contributed by atoms with Crippen LogP contribution in [0.1, 0.15) is 19.8 Å². The van der Waals surface area contributed by atoms with Gasteiger partial charge in [0.25, 0.3) is 0 Å². The highest BCUT2D eigenvalue weighted by atomic mass is 32.2. The number of carbonyl (C=O) groups excluding carboxylic acids is 1. The zero-order valence-electron chi connectivity index (χ0n) is 15.1. The third-order valence-corrected chi connectivity index (χ3v) is 5.30.